The summed E-state index contributed by atoms with van der Waals surface area (Å²) in [5.74, 6) is 0. The second-order valence-electron chi connectivity index (χ2n) is 3.35. The molecule has 0 bridgehead atoms. The van der Waals surface area contributed by atoms with E-state index in [-0.39, 0.29) is 0 Å². The summed E-state index contributed by atoms with van der Waals surface area (Å²) in [6.45, 7) is 3.36. The van der Waals surface area contributed by atoms with Gasteiger partial charge in [-0.2, -0.15) is 13.2 Å². The highest BCUT2D eigenvalue weighted by atomic mass is 32.2. The standard InChI is InChI=1S/C8H15N2.CHF3O2S/c1-3-4-5-10-7-6-9(2)8-10;2-1(3,4)7(5)6/h6-8H,3-5H2,1-2H3;(H,5,6)/q+1;/p-1. The van der Waals surface area contributed by atoms with E-state index >= 15 is 0 Å². The summed E-state index contributed by atoms with van der Waals surface area (Å²) in [6.07, 6.45) is 8.82. The monoisotopic (exact) mass is 272 g/mol. The number of aryl methyl sites for hydroxylation is 2. The van der Waals surface area contributed by atoms with Crippen LogP contribution >= 0.6 is 0 Å². The Kier molecular flexibility index (Phi) is 7.05. The number of hydrogen-bond donors (Lipinski definition) is 0. The number of imidazole rings is 1. The Morgan fingerprint density at radius 2 is 2.00 bits per heavy atom. The van der Waals surface area contributed by atoms with Crippen LogP contribution in [0.4, 0.5) is 13.2 Å². The van der Waals surface area contributed by atoms with Crippen LogP contribution in [0.3, 0.4) is 0 Å². The zero-order valence-electron chi connectivity index (χ0n) is 9.61. The molecule has 0 aliphatic heterocycles. The molecule has 0 radical (unpaired) electrons. The van der Waals surface area contributed by atoms with Gasteiger partial charge in [0.25, 0.3) is 0 Å². The number of unbranched alkanes of at least 4 members (excludes halogenated alkanes) is 1. The predicted octanol–water partition coefficient (Wildman–Crippen LogP) is 1.50. The first-order valence-electron chi connectivity index (χ1n) is 4.94. The highest BCUT2D eigenvalue weighted by molar-refractivity contribution is 7.80. The van der Waals surface area contributed by atoms with Crippen LogP contribution in [-0.4, -0.2) is 18.8 Å². The summed E-state index contributed by atoms with van der Waals surface area (Å²) >= 11 is -3.93. The molecule has 1 rings (SSSR count). The number of halogens is 3. The lowest BCUT2D eigenvalue weighted by atomic mass is 10.3. The quantitative estimate of drug-likeness (QED) is 0.618. The molecule has 17 heavy (non-hydrogen) atoms. The van der Waals surface area contributed by atoms with Crippen molar-refractivity contribution in [3.63, 3.8) is 0 Å². The maximum Gasteiger partial charge on any atom is 0.458 e. The van der Waals surface area contributed by atoms with Gasteiger partial charge in [-0.05, 0) is 6.42 Å². The van der Waals surface area contributed by atoms with Gasteiger partial charge in [-0.3, -0.25) is 4.21 Å². The Morgan fingerprint density at radius 1 is 1.47 bits per heavy atom. The van der Waals surface area contributed by atoms with E-state index < -0.39 is 16.6 Å². The van der Waals surface area contributed by atoms with Crippen LogP contribution in [-0.2, 0) is 24.7 Å². The Hall–Kier alpha value is -0.890. The van der Waals surface area contributed by atoms with Gasteiger partial charge in [0.2, 0.25) is 6.33 Å². The molecule has 0 aliphatic carbocycles. The number of nitrogens with zero attached hydrogens (tertiary/aromatic N) is 2. The van der Waals surface area contributed by atoms with E-state index in [2.05, 4.69) is 34.8 Å². The minimum Gasteiger partial charge on any atom is -0.766 e. The van der Waals surface area contributed by atoms with Crippen molar-refractivity contribution >= 4 is 11.1 Å². The van der Waals surface area contributed by atoms with Gasteiger partial charge in [-0.15, -0.1) is 0 Å². The smallest absolute Gasteiger partial charge is 0.458 e. The summed E-state index contributed by atoms with van der Waals surface area (Å²) < 4.78 is 53.8. The molecule has 4 nitrogen and oxygen atoms in total. The number of aromatic nitrogens is 2. The zero-order valence-corrected chi connectivity index (χ0v) is 10.4. The molecule has 1 aromatic heterocycles. The number of hydrogen-bond acceptors (Lipinski definition) is 2. The van der Waals surface area contributed by atoms with E-state index in [0.717, 1.165) is 6.54 Å². The minimum atomic E-state index is -5.08. The van der Waals surface area contributed by atoms with Gasteiger partial charge in [0.15, 0.2) is 0 Å². The molecule has 0 amide bonds. The molecule has 1 unspecified atom stereocenters. The minimum absolute atomic E-state index is 1.15. The molecule has 0 spiro atoms. The van der Waals surface area contributed by atoms with Gasteiger partial charge in [0, 0.05) is 0 Å². The summed E-state index contributed by atoms with van der Waals surface area (Å²) in [6, 6.07) is 0. The van der Waals surface area contributed by atoms with Crippen molar-refractivity contribution in [2.24, 2.45) is 7.05 Å². The van der Waals surface area contributed by atoms with Crippen LogP contribution in [0.25, 0.3) is 0 Å². The molecule has 0 N–H and O–H groups in total. The van der Waals surface area contributed by atoms with E-state index in [1.807, 2.05) is 7.05 Å². The molecule has 0 saturated heterocycles. The zero-order chi connectivity index (χ0) is 13.5. The van der Waals surface area contributed by atoms with E-state index in [0.29, 0.717) is 0 Å². The van der Waals surface area contributed by atoms with Crippen LogP contribution in [0, 0.1) is 0 Å². The molecule has 1 heterocycles. The first-order chi connectivity index (χ1) is 7.77. The maximum absolute atomic E-state index is 10.6. The second kappa shape index (κ2) is 7.44. The van der Waals surface area contributed by atoms with E-state index in [9.17, 15) is 13.2 Å². The van der Waals surface area contributed by atoms with Crippen molar-refractivity contribution in [3.8, 4) is 0 Å². The van der Waals surface area contributed by atoms with Crippen molar-refractivity contribution in [1.82, 2.24) is 4.57 Å². The lowest BCUT2D eigenvalue weighted by Gasteiger charge is -2.06. The third kappa shape index (κ3) is 7.92. The molecule has 0 saturated carbocycles. The maximum atomic E-state index is 10.6. The van der Waals surface area contributed by atoms with Gasteiger partial charge >= 0.3 is 5.51 Å². The highest BCUT2D eigenvalue weighted by Gasteiger charge is 2.28. The Labute approximate surface area is 100 Å². The van der Waals surface area contributed by atoms with Crippen LogP contribution in [0.15, 0.2) is 18.7 Å². The molecular weight excluding hydrogens is 257 g/mol. The Balaban J connectivity index is 0.000000325. The fourth-order valence-electron chi connectivity index (χ4n) is 0.975. The fourth-order valence-corrected chi connectivity index (χ4v) is 0.975. The molecule has 0 fully saturated rings. The van der Waals surface area contributed by atoms with E-state index in [1.54, 1.807) is 0 Å². The Morgan fingerprint density at radius 3 is 2.29 bits per heavy atom. The fraction of sp³-hybridized carbons (Fsp3) is 0.667. The van der Waals surface area contributed by atoms with E-state index in [4.69, 9.17) is 8.76 Å². The SMILES string of the molecule is CCCCn1cc[n+](C)c1.O=S([O-])C(F)(F)F. The first-order valence-corrected chi connectivity index (χ1v) is 6.02. The highest BCUT2D eigenvalue weighted by Crippen LogP contribution is 2.16. The lowest BCUT2D eigenvalue weighted by molar-refractivity contribution is -0.671. The number of alkyl halides is 3. The Bertz CT molecular complexity index is 352. The molecular formula is C9H15F3N2O2S. The van der Waals surface area contributed by atoms with Crippen molar-refractivity contribution in [1.29, 1.82) is 0 Å². The van der Waals surface area contributed by atoms with Crippen molar-refractivity contribution < 1.29 is 26.5 Å². The summed E-state index contributed by atoms with van der Waals surface area (Å²) in [5, 5.41) is 0. The van der Waals surface area contributed by atoms with Crippen molar-refractivity contribution in [2.75, 3.05) is 0 Å². The summed E-state index contributed by atoms with van der Waals surface area (Å²) in [5.41, 5.74) is -5.08. The number of rotatable bonds is 3. The van der Waals surface area contributed by atoms with Crippen LogP contribution in [0.5, 0.6) is 0 Å². The summed E-state index contributed by atoms with van der Waals surface area (Å²) in [7, 11) is 2.04. The molecule has 1 atom stereocenters. The molecule has 8 heteroatoms. The lowest BCUT2D eigenvalue weighted by Crippen LogP contribution is -2.23. The molecule has 0 aliphatic rings. The largest absolute Gasteiger partial charge is 0.766 e. The van der Waals surface area contributed by atoms with Crippen LogP contribution < -0.4 is 4.57 Å². The summed E-state index contributed by atoms with van der Waals surface area (Å²) in [4.78, 5) is 0. The topological polar surface area (TPSA) is 48.9 Å². The van der Waals surface area contributed by atoms with Crippen molar-refractivity contribution in [3.05, 3.63) is 18.7 Å². The predicted molar refractivity (Wildman–Crippen MR) is 55.5 cm³/mol. The van der Waals surface area contributed by atoms with E-state index in [1.165, 1.54) is 12.8 Å². The average Bonchev–Trinajstić information content (AvgIpc) is 2.60. The van der Waals surface area contributed by atoms with Crippen LogP contribution in [0.2, 0.25) is 0 Å². The normalized spacial score (nSPS) is 12.8. The molecule has 100 valence electrons. The second-order valence-corrected chi connectivity index (χ2v) is 4.28. The van der Waals surface area contributed by atoms with Gasteiger partial charge in [-0.1, -0.05) is 13.3 Å². The third-order valence-corrected chi connectivity index (χ3v) is 2.16. The van der Waals surface area contributed by atoms with Gasteiger partial charge in [0.1, 0.15) is 12.4 Å². The van der Waals surface area contributed by atoms with Crippen molar-refractivity contribution in [2.45, 2.75) is 31.8 Å². The van der Waals surface area contributed by atoms with Gasteiger partial charge in [0.05, 0.1) is 24.7 Å². The first kappa shape index (κ1) is 16.1. The third-order valence-electron chi connectivity index (χ3n) is 1.78. The molecule has 0 aromatic carbocycles. The molecule has 1 aromatic rings. The van der Waals surface area contributed by atoms with Gasteiger partial charge < -0.3 is 4.55 Å². The van der Waals surface area contributed by atoms with Gasteiger partial charge in [-0.25, -0.2) is 9.13 Å². The van der Waals surface area contributed by atoms with Crippen LogP contribution in [0.1, 0.15) is 19.8 Å². The average molecular weight is 272 g/mol.